The summed E-state index contributed by atoms with van der Waals surface area (Å²) in [5, 5.41) is 0. The Morgan fingerprint density at radius 3 is 2.50 bits per heavy atom. The molecule has 0 aliphatic rings. The topological polar surface area (TPSA) is 26.3 Å². The van der Waals surface area contributed by atoms with Crippen molar-refractivity contribution in [1.29, 1.82) is 0 Å². The van der Waals surface area contributed by atoms with E-state index in [2.05, 4.69) is 6.92 Å². The monoisotopic (exact) mass is 224 g/mol. The van der Waals surface area contributed by atoms with Crippen LogP contribution in [0.4, 0.5) is 4.39 Å². The van der Waals surface area contributed by atoms with E-state index in [4.69, 9.17) is 4.74 Å². The van der Waals surface area contributed by atoms with Crippen LogP contribution in [0, 0.1) is 5.82 Å². The van der Waals surface area contributed by atoms with Crippen molar-refractivity contribution < 1.29 is 13.9 Å². The molecule has 0 spiro atoms. The molecule has 16 heavy (non-hydrogen) atoms. The van der Waals surface area contributed by atoms with E-state index < -0.39 is 0 Å². The summed E-state index contributed by atoms with van der Waals surface area (Å²) in [7, 11) is 0. The Labute approximate surface area is 95.4 Å². The van der Waals surface area contributed by atoms with Gasteiger partial charge in [0, 0.05) is 0 Å². The fourth-order valence-electron chi connectivity index (χ4n) is 1.36. The van der Waals surface area contributed by atoms with Crippen LogP contribution >= 0.6 is 0 Å². The van der Waals surface area contributed by atoms with Crippen molar-refractivity contribution in [2.45, 2.75) is 32.6 Å². The third kappa shape index (κ3) is 4.43. The second-order valence-corrected chi connectivity index (χ2v) is 3.70. The van der Waals surface area contributed by atoms with Crippen LogP contribution in [0.3, 0.4) is 0 Å². The highest BCUT2D eigenvalue weighted by Gasteiger charge is 2.06. The van der Waals surface area contributed by atoms with Gasteiger partial charge in [-0.25, -0.2) is 9.18 Å². The molecule has 0 aliphatic heterocycles. The maximum Gasteiger partial charge on any atom is 0.338 e. The molecule has 0 unspecified atom stereocenters. The van der Waals surface area contributed by atoms with Crippen molar-refractivity contribution in [3.63, 3.8) is 0 Å². The van der Waals surface area contributed by atoms with Gasteiger partial charge in [-0.15, -0.1) is 0 Å². The minimum absolute atomic E-state index is 0.348. The number of hydrogen-bond acceptors (Lipinski definition) is 2. The lowest BCUT2D eigenvalue weighted by atomic mass is 10.2. The molecule has 0 fully saturated rings. The summed E-state index contributed by atoms with van der Waals surface area (Å²) in [5.74, 6) is -0.726. The Morgan fingerprint density at radius 1 is 1.19 bits per heavy atom. The van der Waals surface area contributed by atoms with Gasteiger partial charge in [-0.2, -0.15) is 0 Å². The van der Waals surface area contributed by atoms with Crippen molar-refractivity contribution in [1.82, 2.24) is 0 Å². The average Bonchev–Trinajstić information content (AvgIpc) is 2.29. The van der Waals surface area contributed by atoms with Gasteiger partial charge in [0.1, 0.15) is 5.82 Å². The summed E-state index contributed by atoms with van der Waals surface area (Å²) >= 11 is 0. The lowest BCUT2D eigenvalue weighted by molar-refractivity contribution is 0.0498. The molecule has 0 saturated heterocycles. The first-order chi connectivity index (χ1) is 7.74. The highest BCUT2D eigenvalue weighted by atomic mass is 19.1. The van der Waals surface area contributed by atoms with Gasteiger partial charge >= 0.3 is 5.97 Å². The van der Waals surface area contributed by atoms with Crippen molar-refractivity contribution in [2.75, 3.05) is 6.61 Å². The highest BCUT2D eigenvalue weighted by Crippen LogP contribution is 2.06. The number of unbranched alkanes of at least 4 members (excludes halogenated alkanes) is 3. The maximum absolute atomic E-state index is 12.6. The van der Waals surface area contributed by atoms with E-state index in [9.17, 15) is 9.18 Å². The summed E-state index contributed by atoms with van der Waals surface area (Å²) < 4.78 is 17.6. The van der Waals surface area contributed by atoms with E-state index in [0.29, 0.717) is 12.2 Å². The number of halogens is 1. The molecule has 1 aromatic carbocycles. The second-order valence-electron chi connectivity index (χ2n) is 3.70. The van der Waals surface area contributed by atoms with Gasteiger partial charge in [-0.3, -0.25) is 0 Å². The molecule has 1 rings (SSSR count). The van der Waals surface area contributed by atoms with Crippen molar-refractivity contribution in [3.8, 4) is 0 Å². The maximum atomic E-state index is 12.6. The summed E-state index contributed by atoms with van der Waals surface area (Å²) in [6, 6.07) is 5.38. The molecule has 1 aromatic rings. The Bertz CT molecular complexity index is 319. The van der Waals surface area contributed by atoms with Crippen LogP contribution in [-0.4, -0.2) is 12.6 Å². The van der Waals surface area contributed by atoms with Crippen LogP contribution in [0.1, 0.15) is 43.0 Å². The molecule has 0 amide bonds. The predicted molar refractivity (Wildman–Crippen MR) is 60.8 cm³/mol. The first kappa shape index (κ1) is 12.7. The molecule has 0 bridgehead atoms. The first-order valence-electron chi connectivity index (χ1n) is 5.66. The normalized spacial score (nSPS) is 10.1. The molecule has 2 nitrogen and oxygen atoms in total. The van der Waals surface area contributed by atoms with Crippen molar-refractivity contribution in [2.24, 2.45) is 0 Å². The fraction of sp³-hybridized carbons (Fsp3) is 0.462. The molecule has 88 valence electrons. The first-order valence-corrected chi connectivity index (χ1v) is 5.66. The number of carbonyl (C=O) groups excluding carboxylic acids is 1. The Kier molecular flexibility index (Phi) is 5.54. The van der Waals surface area contributed by atoms with Crippen LogP contribution in [0.2, 0.25) is 0 Å². The lowest BCUT2D eigenvalue weighted by Crippen LogP contribution is -2.06. The summed E-state index contributed by atoms with van der Waals surface area (Å²) in [5.41, 5.74) is 0.400. The van der Waals surface area contributed by atoms with Crippen molar-refractivity contribution in [3.05, 3.63) is 35.6 Å². The average molecular weight is 224 g/mol. The highest BCUT2D eigenvalue weighted by molar-refractivity contribution is 5.89. The van der Waals surface area contributed by atoms with E-state index in [-0.39, 0.29) is 11.8 Å². The molecule has 0 heterocycles. The van der Waals surface area contributed by atoms with Gasteiger partial charge in [0.25, 0.3) is 0 Å². The minimum Gasteiger partial charge on any atom is -0.462 e. The lowest BCUT2D eigenvalue weighted by Gasteiger charge is -2.04. The Balaban J connectivity index is 2.27. The fourth-order valence-corrected chi connectivity index (χ4v) is 1.36. The summed E-state index contributed by atoms with van der Waals surface area (Å²) in [6.07, 6.45) is 4.29. The number of ether oxygens (including phenoxy) is 1. The Hall–Kier alpha value is -1.38. The second kappa shape index (κ2) is 6.99. The minimum atomic E-state index is -0.378. The third-order valence-electron chi connectivity index (χ3n) is 2.31. The molecule has 0 N–H and O–H groups in total. The summed E-state index contributed by atoms with van der Waals surface area (Å²) in [4.78, 5) is 11.4. The van der Waals surface area contributed by atoms with E-state index in [1.165, 1.54) is 24.3 Å². The molecule has 3 heteroatoms. The van der Waals surface area contributed by atoms with Crippen LogP contribution < -0.4 is 0 Å². The Morgan fingerprint density at radius 2 is 1.88 bits per heavy atom. The molecule has 0 radical (unpaired) electrons. The molecular weight excluding hydrogens is 207 g/mol. The van der Waals surface area contributed by atoms with Gasteiger partial charge in [0.05, 0.1) is 12.2 Å². The van der Waals surface area contributed by atoms with E-state index in [0.717, 1.165) is 25.7 Å². The van der Waals surface area contributed by atoms with Gasteiger partial charge in [0.2, 0.25) is 0 Å². The van der Waals surface area contributed by atoms with E-state index >= 15 is 0 Å². The van der Waals surface area contributed by atoms with Crippen LogP contribution in [0.5, 0.6) is 0 Å². The van der Waals surface area contributed by atoms with E-state index in [1.807, 2.05) is 0 Å². The van der Waals surface area contributed by atoms with E-state index in [1.54, 1.807) is 0 Å². The quantitative estimate of drug-likeness (QED) is 0.545. The number of esters is 1. The van der Waals surface area contributed by atoms with Crippen LogP contribution in [0.15, 0.2) is 24.3 Å². The van der Waals surface area contributed by atoms with Gasteiger partial charge < -0.3 is 4.74 Å². The summed E-state index contributed by atoms with van der Waals surface area (Å²) in [6.45, 7) is 2.57. The number of benzene rings is 1. The van der Waals surface area contributed by atoms with Crippen molar-refractivity contribution >= 4 is 5.97 Å². The molecule has 0 aliphatic carbocycles. The third-order valence-corrected chi connectivity index (χ3v) is 2.31. The molecule has 0 atom stereocenters. The number of hydrogen-bond donors (Lipinski definition) is 0. The number of rotatable bonds is 6. The standard InChI is InChI=1S/C13H17FO2/c1-2-3-4-5-10-16-13(15)11-6-8-12(14)9-7-11/h6-9H,2-5,10H2,1H3. The van der Waals surface area contributed by atoms with Crippen LogP contribution in [-0.2, 0) is 4.74 Å². The number of carbonyl (C=O) groups is 1. The predicted octanol–water partition coefficient (Wildman–Crippen LogP) is 3.56. The smallest absolute Gasteiger partial charge is 0.338 e. The van der Waals surface area contributed by atoms with Crippen LogP contribution in [0.25, 0.3) is 0 Å². The zero-order valence-corrected chi connectivity index (χ0v) is 9.54. The zero-order valence-electron chi connectivity index (χ0n) is 9.54. The molecule has 0 saturated carbocycles. The zero-order chi connectivity index (χ0) is 11.8. The van der Waals surface area contributed by atoms with Gasteiger partial charge in [-0.1, -0.05) is 26.2 Å². The van der Waals surface area contributed by atoms with Gasteiger partial charge in [0.15, 0.2) is 0 Å². The molecule has 0 aromatic heterocycles. The SMILES string of the molecule is CCCCCCOC(=O)c1ccc(F)cc1. The van der Waals surface area contributed by atoms with Gasteiger partial charge in [-0.05, 0) is 30.7 Å². The largest absolute Gasteiger partial charge is 0.462 e. The molecular formula is C13H17FO2.